The van der Waals surface area contributed by atoms with Crippen molar-refractivity contribution in [3.63, 3.8) is 0 Å². The van der Waals surface area contributed by atoms with Crippen molar-refractivity contribution in [2.75, 3.05) is 0 Å². The Kier molecular flexibility index (Phi) is 6.13. The lowest BCUT2D eigenvalue weighted by Crippen LogP contribution is -2.09. The summed E-state index contributed by atoms with van der Waals surface area (Å²) in [6.07, 6.45) is -1.41. The molecule has 0 aliphatic carbocycles. The predicted octanol–water partition coefficient (Wildman–Crippen LogP) is 2.69. The molecule has 1 unspecified atom stereocenters. The zero-order valence-electron chi connectivity index (χ0n) is 11.1. The van der Waals surface area contributed by atoms with E-state index in [2.05, 4.69) is 0 Å². The molecule has 0 saturated heterocycles. The summed E-state index contributed by atoms with van der Waals surface area (Å²) in [4.78, 5) is 20.9. The molecule has 20 heavy (non-hydrogen) atoms. The van der Waals surface area contributed by atoms with E-state index in [0.717, 1.165) is 5.56 Å². The Bertz CT molecular complexity index is 549. The first-order valence-electron chi connectivity index (χ1n) is 6.04. The lowest BCUT2D eigenvalue weighted by molar-refractivity contribution is -0.146. The highest BCUT2D eigenvalue weighted by Gasteiger charge is 2.14. The lowest BCUT2D eigenvalue weighted by Gasteiger charge is -2.03. The third-order valence-corrected chi connectivity index (χ3v) is 2.53. The minimum atomic E-state index is -1.41. The molecule has 0 aliphatic heterocycles. The Morgan fingerprint density at radius 2 is 1.35 bits per heavy atom. The van der Waals surface area contributed by atoms with Crippen LogP contribution in [-0.4, -0.2) is 22.0 Å². The van der Waals surface area contributed by atoms with Crippen LogP contribution in [0.3, 0.4) is 0 Å². The molecule has 0 fully saturated rings. The summed E-state index contributed by atoms with van der Waals surface area (Å²) in [5, 5.41) is 17.4. The molecule has 4 heteroatoms. The van der Waals surface area contributed by atoms with Gasteiger partial charge in [-0.05, 0) is 12.5 Å². The maximum Gasteiger partial charge on any atom is 0.337 e. The van der Waals surface area contributed by atoms with Gasteiger partial charge in [0.15, 0.2) is 11.9 Å². The number of carboxylic acid groups (broad SMARTS) is 1. The highest BCUT2D eigenvalue weighted by Crippen LogP contribution is 2.10. The second kappa shape index (κ2) is 7.86. The fraction of sp³-hybridized carbons (Fsp3) is 0.125. The summed E-state index contributed by atoms with van der Waals surface area (Å²) in [6, 6.07) is 17.5. The SMILES string of the molecule is CC(=O)c1ccccc1.O=C(O)C(O)c1ccccc1. The maximum absolute atomic E-state index is 10.6. The number of Topliss-reactive ketones (excluding diaryl/α,β-unsaturated/α-hetero) is 1. The van der Waals surface area contributed by atoms with Gasteiger partial charge in [0.05, 0.1) is 0 Å². The van der Waals surface area contributed by atoms with Crippen molar-refractivity contribution < 1.29 is 19.8 Å². The number of hydrogen-bond donors (Lipinski definition) is 2. The van der Waals surface area contributed by atoms with E-state index in [4.69, 9.17) is 10.2 Å². The van der Waals surface area contributed by atoms with Gasteiger partial charge in [0, 0.05) is 5.56 Å². The van der Waals surface area contributed by atoms with Gasteiger partial charge in [0.25, 0.3) is 0 Å². The van der Waals surface area contributed by atoms with Gasteiger partial charge in [-0.15, -0.1) is 0 Å². The molecular formula is C16H16O4. The normalized spacial score (nSPS) is 10.9. The topological polar surface area (TPSA) is 74.6 Å². The van der Waals surface area contributed by atoms with Crippen molar-refractivity contribution >= 4 is 11.8 Å². The Morgan fingerprint density at radius 3 is 1.70 bits per heavy atom. The molecule has 2 N–H and O–H groups in total. The van der Waals surface area contributed by atoms with Crippen LogP contribution in [0.4, 0.5) is 0 Å². The first kappa shape index (κ1) is 15.6. The van der Waals surface area contributed by atoms with E-state index in [0.29, 0.717) is 5.56 Å². The van der Waals surface area contributed by atoms with Crippen LogP contribution in [0.25, 0.3) is 0 Å². The maximum atomic E-state index is 10.6. The minimum Gasteiger partial charge on any atom is -0.479 e. The summed E-state index contributed by atoms with van der Waals surface area (Å²) in [5.74, 6) is -1.10. The molecule has 0 amide bonds. The van der Waals surface area contributed by atoms with Crippen molar-refractivity contribution in [1.29, 1.82) is 0 Å². The van der Waals surface area contributed by atoms with Crippen LogP contribution in [0.2, 0.25) is 0 Å². The van der Waals surface area contributed by atoms with Crippen LogP contribution in [0.15, 0.2) is 60.7 Å². The summed E-state index contributed by atoms with van der Waals surface area (Å²) in [5.41, 5.74) is 1.18. The minimum absolute atomic E-state index is 0.121. The highest BCUT2D eigenvalue weighted by molar-refractivity contribution is 5.93. The first-order valence-corrected chi connectivity index (χ1v) is 6.04. The van der Waals surface area contributed by atoms with E-state index < -0.39 is 12.1 Å². The van der Waals surface area contributed by atoms with E-state index in [9.17, 15) is 9.59 Å². The Balaban J connectivity index is 0.000000204. The van der Waals surface area contributed by atoms with Gasteiger partial charge in [-0.2, -0.15) is 0 Å². The molecule has 0 radical (unpaired) electrons. The van der Waals surface area contributed by atoms with Gasteiger partial charge in [-0.3, -0.25) is 4.79 Å². The number of carbonyl (C=O) groups excluding carboxylic acids is 1. The zero-order valence-corrected chi connectivity index (χ0v) is 11.1. The summed E-state index contributed by atoms with van der Waals surface area (Å²) < 4.78 is 0. The smallest absolute Gasteiger partial charge is 0.337 e. The van der Waals surface area contributed by atoms with Crippen molar-refractivity contribution in [3.8, 4) is 0 Å². The quantitative estimate of drug-likeness (QED) is 0.842. The van der Waals surface area contributed by atoms with Gasteiger partial charge in [-0.1, -0.05) is 60.7 Å². The summed E-state index contributed by atoms with van der Waals surface area (Å²) >= 11 is 0. The predicted molar refractivity (Wildman–Crippen MR) is 75.5 cm³/mol. The number of aliphatic hydroxyl groups is 1. The van der Waals surface area contributed by atoms with Crippen LogP contribution in [0.1, 0.15) is 28.9 Å². The number of aliphatic carboxylic acids is 1. The first-order chi connectivity index (χ1) is 9.52. The molecule has 2 rings (SSSR count). The second-order valence-electron chi connectivity index (χ2n) is 4.07. The average Bonchev–Trinajstić information content (AvgIpc) is 2.49. The van der Waals surface area contributed by atoms with Gasteiger partial charge in [0.2, 0.25) is 0 Å². The van der Waals surface area contributed by atoms with E-state index in [1.807, 2.05) is 30.3 Å². The molecule has 2 aromatic carbocycles. The van der Waals surface area contributed by atoms with Gasteiger partial charge in [0.1, 0.15) is 0 Å². The van der Waals surface area contributed by atoms with Crippen LogP contribution in [0.5, 0.6) is 0 Å². The number of hydrogen-bond acceptors (Lipinski definition) is 3. The molecule has 0 aliphatic rings. The molecule has 2 aromatic rings. The Morgan fingerprint density at radius 1 is 0.900 bits per heavy atom. The number of benzene rings is 2. The van der Waals surface area contributed by atoms with Crippen LogP contribution in [0, 0.1) is 0 Å². The number of rotatable bonds is 3. The van der Waals surface area contributed by atoms with E-state index >= 15 is 0 Å². The summed E-state index contributed by atoms with van der Waals surface area (Å²) in [6.45, 7) is 1.56. The second-order valence-corrected chi connectivity index (χ2v) is 4.07. The van der Waals surface area contributed by atoms with Crippen molar-refractivity contribution in [2.24, 2.45) is 0 Å². The van der Waals surface area contributed by atoms with E-state index in [1.54, 1.807) is 37.3 Å². The van der Waals surface area contributed by atoms with Gasteiger partial charge in [-0.25, -0.2) is 4.79 Å². The van der Waals surface area contributed by atoms with E-state index in [-0.39, 0.29) is 5.78 Å². The Hall–Kier alpha value is -2.46. The van der Waals surface area contributed by atoms with Gasteiger partial charge >= 0.3 is 5.97 Å². The number of aliphatic hydroxyl groups excluding tert-OH is 1. The third kappa shape index (κ3) is 5.04. The van der Waals surface area contributed by atoms with Gasteiger partial charge < -0.3 is 10.2 Å². The fourth-order valence-corrected chi connectivity index (χ4v) is 1.45. The third-order valence-electron chi connectivity index (χ3n) is 2.53. The molecule has 104 valence electrons. The van der Waals surface area contributed by atoms with Crippen molar-refractivity contribution in [3.05, 3.63) is 71.8 Å². The van der Waals surface area contributed by atoms with Crippen molar-refractivity contribution in [1.82, 2.24) is 0 Å². The average molecular weight is 272 g/mol. The van der Waals surface area contributed by atoms with E-state index in [1.165, 1.54) is 0 Å². The molecule has 1 atom stereocenters. The number of carboxylic acids is 1. The zero-order chi connectivity index (χ0) is 15.0. The molecule has 4 nitrogen and oxygen atoms in total. The molecule has 0 aromatic heterocycles. The highest BCUT2D eigenvalue weighted by atomic mass is 16.4. The standard InChI is InChI=1S/C8H8O3.C8H8O/c9-7(8(10)11)6-4-2-1-3-5-6;1-7(9)8-5-3-2-4-6-8/h1-5,7,9H,(H,10,11);2-6H,1H3. The monoisotopic (exact) mass is 272 g/mol. The lowest BCUT2D eigenvalue weighted by atomic mass is 10.1. The van der Waals surface area contributed by atoms with Crippen molar-refractivity contribution in [2.45, 2.75) is 13.0 Å². The Labute approximate surface area is 117 Å². The molecule has 0 saturated carbocycles. The number of carbonyl (C=O) groups is 2. The molecule has 0 bridgehead atoms. The molecule has 0 spiro atoms. The molecular weight excluding hydrogens is 256 g/mol. The van der Waals surface area contributed by atoms with Crippen LogP contribution >= 0.6 is 0 Å². The van der Waals surface area contributed by atoms with Crippen LogP contribution in [-0.2, 0) is 4.79 Å². The summed E-state index contributed by atoms with van der Waals surface area (Å²) in [7, 11) is 0. The number of ketones is 1. The van der Waals surface area contributed by atoms with Crippen LogP contribution < -0.4 is 0 Å². The fourth-order valence-electron chi connectivity index (χ4n) is 1.45. The largest absolute Gasteiger partial charge is 0.479 e. The molecule has 0 heterocycles.